The van der Waals surface area contributed by atoms with Crippen LogP contribution in [-0.2, 0) is 8.85 Å². The molecule has 2 nitrogen and oxygen atoms in total. The minimum absolute atomic E-state index is 0.0118. The molecule has 0 unspecified atom stereocenters. The third kappa shape index (κ3) is 6.84. The summed E-state index contributed by atoms with van der Waals surface area (Å²) in [5, 5.41) is 0. The molecule has 0 bridgehead atoms. The quantitative estimate of drug-likeness (QED) is 0.249. The highest BCUT2D eigenvalue weighted by atomic mass is 35.8. The van der Waals surface area contributed by atoms with Crippen LogP contribution in [0.15, 0.2) is 12.3 Å². The van der Waals surface area contributed by atoms with Crippen LogP contribution in [0.1, 0.15) is 54.9 Å². The van der Waals surface area contributed by atoms with E-state index in [1.54, 1.807) is 0 Å². The lowest BCUT2D eigenvalue weighted by molar-refractivity contribution is 0.178. The number of rotatable bonds is 9. The predicted octanol–water partition coefficient (Wildman–Crippen LogP) is 6.64. The maximum absolute atomic E-state index is 6.59. The smallest absolute Gasteiger partial charge is 0.512 e. The molecule has 0 radical (unpaired) electrons. The van der Waals surface area contributed by atoms with Gasteiger partial charge < -0.3 is 8.85 Å². The van der Waals surface area contributed by atoms with Crippen molar-refractivity contribution in [2.45, 2.75) is 77.6 Å². The van der Waals surface area contributed by atoms with Crippen molar-refractivity contribution in [2.24, 2.45) is 0 Å². The van der Waals surface area contributed by atoms with Gasteiger partial charge >= 0.3 is 6.25 Å². The molecule has 0 fully saturated rings. The van der Waals surface area contributed by atoms with Crippen molar-refractivity contribution in [3.05, 3.63) is 12.3 Å². The molecule has 0 saturated heterocycles. The minimum atomic E-state index is -3.14. The molecule has 0 amide bonds. The molecule has 21 heavy (non-hydrogen) atoms. The Hall–Kier alpha value is 0.804. The van der Waals surface area contributed by atoms with Crippen LogP contribution in [-0.4, -0.2) is 20.7 Å². The molecular formula is C14H29Cl3O2Si2. The Bertz CT molecular complexity index is 320. The van der Waals surface area contributed by atoms with Crippen LogP contribution in [0.4, 0.5) is 0 Å². The maximum Gasteiger partial charge on any atom is 0.555 e. The minimum Gasteiger partial charge on any atom is -0.512 e. The Morgan fingerprint density at radius 1 is 0.905 bits per heavy atom. The second-order valence-electron chi connectivity index (χ2n) is 6.54. The predicted molar refractivity (Wildman–Crippen MR) is 99.8 cm³/mol. The zero-order valence-electron chi connectivity index (χ0n) is 14.2. The van der Waals surface area contributed by atoms with Gasteiger partial charge in [-0.2, -0.15) is 0 Å². The van der Waals surface area contributed by atoms with Gasteiger partial charge in [-0.25, -0.2) is 0 Å². The third-order valence-electron chi connectivity index (χ3n) is 3.89. The third-order valence-corrected chi connectivity index (χ3v) is 11.3. The van der Waals surface area contributed by atoms with Crippen LogP contribution in [0.2, 0.25) is 16.6 Å². The molecule has 7 heteroatoms. The van der Waals surface area contributed by atoms with E-state index in [2.05, 4.69) is 48.1 Å². The second-order valence-corrected chi connectivity index (χ2v) is 19.6. The van der Waals surface area contributed by atoms with E-state index in [0.717, 1.165) is 0 Å². The van der Waals surface area contributed by atoms with E-state index in [9.17, 15) is 0 Å². The molecule has 0 aromatic carbocycles. The number of halogens is 3. The standard InChI is InChI=1S/C14H29Cl3O2Si2/c1-10(2)20(11(3)4,12(5)6)18-13(7)9-14(8)19-21(15,16)17/h10-13H,8-9H2,1-7H3/t13-/m0/s1. The normalized spacial score (nSPS) is 14.9. The number of hydrogen-bond acceptors (Lipinski definition) is 2. The Balaban J connectivity index is 4.92. The van der Waals surface area contributed by atoms with E-state index in [1.807, 2.05) is 6.92 Å². The summed E-state index contributed by atoms with van der Waals surface area (Å²) in [6.07, 6.45) is -2.57. The van der Waals surface area contributed by atoms with Crippen molar-refractivity contribution in [3.8, 4) is 0 Å². The van der Waals surface area contributed by atoms with Crippen LogP contribution in [0.3, 0.4) is 0 Å². The average Bonchev–Trinajstić information content (AvgIpc) is 2.20. The van der Waals surface area contributed by atoms with Crippen molar-refractivity contribution in [2.75, 3.05) is 0 Å². The summed E-state index contributed by atoms with van der Waals surface area (Å²) in [5.41, 5.74) is 1.62. The van der Waals surface area contributed by atoms with Gasteiger partial charge in [-0.15, -0.1) is 0 Å². The molecule has 0 aromatic heterocycles. The highest BCUT2D eigenvalue weighted by Gasteiger charge is 2.46. The molecule has 0 saturated carbocycles. The van der Waals surface area contributed by atoms with Gasteiger partial charge in [0.05, 0.1) is 5.76 Å². The second kappa shape index (κ2) is 8.60. The highest BCUT2D eigenvalue weighted by molar-refractivity contribution is 7.62. The van der Waals surface area contributed by atoms with Gasteiger partial charge in [0.1, 0.15) is 0 Å². The lowest BCUT2D eigenvalue weighted by Crippen LogP contribution is -2.49. The summed E-state index contributed by atoms with van der Waals surface area (Å²) in [5.74, 6) is 0.494. The monoisotopic (exact) mass is 390 g/mol. The molecule has 0 aliphatic carbocycles. The molecule has 0 spiro atoms. The molecule has 126 valence electrons. The van der Waals surface area contributed by atoms with E-state index in [0.29, 0.717) is 28.8 Å². The van der Waals surface area contributed by atoms with Crippen molar-refractivity contribution >= 4 is 47.8 Å². The van der Waals surface area contributed by atoms with Gasteiger partial charge in [0, 0.05) is 12.5 Å². The average molecular weight is 392 g/mol. The first-order valence-corrected chi connectivity index (χ1v) is 14.5. The first-order valence-electron chi connectivity index (χ1n) is 7.44. The van der Waals surface area contributed by atoms with Gasteiger partial charge in [0.2, 0.25) is 8.32 Å². The molecule has 0 N–H and O–H groups in total. The SMILES string of the molecule is C=C(C[C@H](C)O[Si](C(C)C)(C(C)C)C(C)C)O[Si](Cl)(Cl)Cl. The highest BCUT2D eigenvalue weighted by Crippen LogP contribution is 2.43. The molecule has 0 aromatic rings. The van der Waals surface area contributed by atoms with Gasteiger partial charge in [-0.1, -0.05) is 81.4 Å². The van der Waals surface area contributed by atoms with Gasteiger partial charge in [-0.05, 0) is 23.5 Å². The summed E-state index contributed by atoms with van der Waals surface area (Å²) in [6.45, 7) is 19.5. The van der Waals surface area contributed by atoms with Crippen molar-refractivity contribution < 1.29 is 8.85 Å². The van der Waals surface area contributed by atoms with E-state index in [-0.39, 0.29) is 6.10 Å². The Morgan fingerprint density at radius 2 is 1.29 bits per heavy atom. The zero-order valence-corrected chi connectivity index (χ0v) is 18.4. The molecule has 0 rings (SSSR count). The fourth-order valence-electron chi connectivity index (χ4n) is 3.32. The van der Waals surface area contributed by atoms with E-state index >= 15 is 0 Å². The summed E-state index contributed by atoms with van der Waals surface area (Å²) >= 11 is 17.3. The van der Waals surface area contributed by atoms with Crippen LogP contribution in [0.25, 0.3) is 0 Å². The van der Waals surface area contributed by atoms with E-state index in [1.165, 1.54) is 0 Å². The molecule has 0 aliphatic heterocycles. The molecule has 0 aliphatic rings. The van der Waals surface area contributed by atoms with Crippen LogP contribution >= 0.6 is 33.2 Å². The zero-order chi connectivity index (χ0) is 17.0. The summed E-state index contributed by atoms with van der Waals surface area (Å²) in [6, 6.07) is 0. The topological polar surface area (TPSA) is 18.5 Å². The van der Waals surface area contributed by atoms with Crippen LogP contribution < -0.4 is 0 Å². The lowest BCUT2D eigenvalue weighted by atomic mass is 10.3. The summed E-state index contributed by atoms with van der Waals surface area (Å²) in [7, 11) is -1.90. The fourth-order valence-corrected chi connectivity index (χ4v) is 10.3. The van der Waals surface area contributed by atoms with Gasteiger partial charge in [0.15, 0.2) is 0 Å². The first-order chi connectivity index (χ1) is 9.32. The lowest BCUT2D eigenvalue weighted by Gasteiger charge is -2.44. The van der Waals surface area contributed by atoms with Crippen molar-refractivity contribution in [1.29, 1.82) is 0 Å². The molecule has 1 atom stereocenters. The van der Waals surface area contributed by atoms with E-state index < -0.39 is 14.6 Å². The van der Waals surface area contributed by atoms with Crippen LogP contribution in [0.5, 0.6) is 0 Å². The number of hydrogen-bond donors (Lipinski definition) is 0. The summed E-state index contributed by atoms with van der Waals surface area (Å²) < 4.78 is 11.9. The van der Waals surface area contributed by atoms with Gasteiger partial charge in [-0.3, -0.25) is 0 Å². The van der Waals surface area contributed by atoms with Crippen molar-refractivity contribution in [3.63, 3.8) is 0 Å². The van der Waals surface area contributed by atoms with Crippen LogP contribution in [0, 0.1) is 0 Å². The fraction of sp³-hybridized carbons (Fsp3) is 0.857. The Kier molecular flexibility index (Phi) is 8.93. The van der Waals surface area contributed by atoms with Crippen molar-refractivity contribution in [1.82, 2.24) is 0 Å². The van der Waals surface area contributed by atoms with E-state index in [4.69, 9.17) is 42.1 Å². The summed E-state index contributed by atoms with van der Waals surface area (Å²) in [4.78, 5) is 0. The Labute approximate surface area is 146 Å². The molecular weight excluding hydrogens is 363 g/mol. The first kappa shape index (κ1) is 21.8. The van der Waals surface area contributed by atoms with Gasteiger partial charge in [0.25, 0.3) is 0 Å². The Morgan fingerprint density at radius 3 is 1.57 bits per heavy atom. The molecule has 0 heterocycles. The largest absolute Gasteiger partial charge is 0.555 e. The maximum atomic E-state index is 6.59.